The summed E-state index contributed by atoms with van der Waals surface area (Å²) in [6.07, 6.45) is 1.06. The van der Waals surface area contributed by atoms with Crippen molar-refractivity contribution in [3.8, 4) is 0 Å². The van der Waals surface area contributed by atoms with E-state index in [2.05, 4.69) is 10.9 Å². The normalized spacial score (nSPS) is 22.2. The predicted octanol–water partition coefficient (Wildman–Crippen LogP) is 2.53. The average molecular weight is 217 g/mol. The molecule has 1 fully saturated rings. The van der Waals surface area contributed by atoms with Crippen LogP contribution in [0.3, 0.4) is 0 Å². The van der Waals surface area contributed by atoms with E-state index in [1.165, 1.54) is 0 Å². The van der Waals surface area contributed by atoms with Gasteiger partial charge in [-0.3, -0.25) is 10.9 Å². The number of hydrazine groups is 1. The van der Waals surface area contributed by atoms with Gasteiger partial charge in [0.05, 0.1) is 0 Å². The van der Waals surface area contributed by atoms with Crippen LogP contribution in [-0.4, -0.2) is 6.54 Å². The Bertz CT molecular complexity index is 308. The predicted molar refractivity (Wildman–Crippen MR) is 55.0 cm³/mol. The second-order valence-corrected chi connectivity index (χ2v) is 3.92. The van der Waals surface area contributed by atoms with Crippen LogP contribution in [-0.2, 0) is 0 Å². The molecule has 0 spiro atoms. The zero-order valence-electron chi connectivity index (χ0n) is 6.98. The molecule has 1 saturated heterocycles. The highest BCUT2D eigenvalue weighted by atomic mass is 35.5. The van der Waals surface area contributed by atoms with Crippen LogP contribution < -0.4 is 10.9 Å². The van der Waals surface area contributed by atoms with Gasteiger partial charge in [-0.1, -0.05) is 29.3 Å². The van der Waals surface area contributed by atoms with Crippen LogP contribution in [0.1, 0.15) is 18.0 Å². The molecule has 1 heterocycles. The number of halogens is 2. The fraction of sp³-hybridized carbons (Fsp3) is 0.333. The maximum atomic E-state index is 6.06. The Morgan fingerprint density at radius 1 is 1.31 bits per heavy atom. The summed E-state index contributed by atoms with van der Waals surface area (Å²) in [6.45, 7) is 0.976. The van der Waals surface area contributed by atoms with Gasteiger partial charge in [-0.25, -0.2) is 0 Å². The van der Waals surface area contributed by atoms with Crippen LogP contribution in [0.2, 0.25) is 10.0 Å². The number of benzene rings is 1. The fourth-order valence-electron chi connectivity index (χ4n) is 1.50. The topological polar surface area (TPSA) is 24.1 Å². The van der Waals surface area contributed by atoms with Crippen molar-refractivity contribution in [1.82, 2.24) is 10.9 Å². The molecular formula is C9H10Cl2N2. The number of rotatable bonds is 1. The molecule has 0 saturated carbocycles. The maximum absolute atomic E-state index is 6.06. The SMILES string of the molecule is Clc1ccc(C2CCNN2)c(Cl)c1. The van der Waals surface area contributed by atoms with Crippen molar-refractivity contribution in [1.29, 1.82) is 0 Å². The minimum absolute atomic E-state index is 0.310. The first-order chi connectivity index (χ1) is 6.27. The third-order valence-corrected chi connectivity index (χ3v) is 2.73. The van der Waals surface area contributed by atoms with Gasteiger partial charge < -0.3 is 0 Å². The molecule has 0 aromatic heterocycles. The minimum atomic E-state index is 0.310. The summed E-state index contributed by atoms with van der Waals surface area (Å²) in [6, 6.07) is 5.92. The van der Waals surface area contributed by atoms with Crippen molar-refractivity contribution in [2.24, 2.45) is 0 Å². The maximum Gasteiger partial charge on any atom is 0.0489 e. The molecule has 1 aromatic carbocycles. The van der Waals surface area contributed by atoms with Gasteiger partial charge in [0, 0.05) is 22.6 Å². The Balaban J connectivity index is 2.29. The molecule has 1 aliphatic heterocycles. The second-order valence-electron chi connectivity index (χ2n) is 3.08. The molecule has 0 radical (unpaired) electrons. The molecule has 0 aliphatic carbocycles. The zero-order chi connectivity index (χ0) is 9.26. The number of nitrogens with one attached hydrogen (secondary N) is 2. The monoisotopic (exact) mass is 216 g/mol. The van der Waals surface area contributed by atoms with E-state index in [4.69, 9.17) is 23.2 Å². The molecule has 13 heavy (non-hydrogen) atoms. The van der Waals surface area contributed by atoms with Gasteiger partial charge >= 0.3 is 0 Å². The first-order valence-corrected chi connectivity index (χ1v) is 4.96. The lowest BCUT2D eigenvalue weighted by Gasteiger charge is -2.11. The van der Waals surface area contributed by atoms with Gasteiger partial charge in [-0.05, 0) is 24.1 Å². The van der Waals surface area contributed by atoms with Crippen LogP contribution in [0.15, 0.2) is 18.2 Å². The van der Waals surface area contributed by atoms with Crippen molar-refractivity contribution >= 4 is 23.2 Å². The van der Waals surface area contributed by atoms with Crippen molar-refractivity contribution in [2.45, 2.75) is 12.5 Å². The molecule has 2 nitrogen and oxygen atoms in total. The molecule has 4 heteroatoms. The Morgan fingerprint density at radius 3 is 2.77 bits per heavy atom. The largest absolute Gasteiger partial charge is 0.257 e. The highest BCUT2D eigenvalue weighted by Gasteiger charge is 2.18. The Labute approximate surface area is 87.2 Å². The summed E-state index contributed by atoms with van der Waals surface area (Å²) in [4.78, 5) is 0. The van der Waals surface area contributed by atoms with Crippen molar-refractivity contribution in [3.63, 3.8) is 0 Å². The van der Waals surface area contributed by atoms with Crippen LogP contribution in [0.4, 0.5) is 0 Å². The minimum Gasteiger partial charge on any atom is -0.257 e. The molecule has 0 amide bonds. The van der Waals surface area contributed by atoms with E-state index in [-0.39, 0.29) is 0 Å². The quantitative estimate of drug-likeness (QED) is 0.755. The summed E-state index contributed by atoms with van der Waals surface area (Å²) < 4.78 is 0. The molecule has 2 rings (SSSR count). The van der Waals surface area contributed by atoms with Crippen LogP contribution in [0, 0.1) is 0 Å². The molecular weight excluding hydrogens is 207 g/mol. The van der Waals surface area contributed by atoms with E-state index in [0.717, 1.165) is 23.6 Å². The Kier molecular flexibility index (Phi) is 2.74. The standard InChI is InChI=1S/C9H10Cl2N2/c10-6-1-2-7(8(11)5-6)9-3-4-12-13-9/h1-2,5,9,12-13H,3-4H2. The van der Waals surface area contributed by atoms with E-state index in [9.17, 15) is 0 Å². The summed E-state index contributed by atoms with van der Waals surface area (Å²) in [5.41, 5.74) is 7.33. The fourth-order valence-corrected chi connectivity index (χ4v) is 2.04. The lowest BCUT2D eigenvalue weighted by atomic mass is 10.1. The molecule has 1 aromatic rings. The second kappa shape index (κ2) is 3.84. The molecule has 2 N–H and O–H groups in total. The van der Waals surface area contributed by atoms with E-state index < -0.39 is 0 Å². The Morgan fingerprint density at radius 2 is 2.15 bits per heavy atom. The first-order valence-electron chi connectivity index (χ1n) is 4.21. The van der Waals surface area contributed by atoms with Crippen molar-refractivity contribution in [2.75, 3.05) is 6.54 Å². The zero-order valence-corrected chi connectivity index (χ0v) is 8.49. The van der Waals surface area contributed by atoms with E-state index in [1.54, 1.807) is 6.07 Å². The van der Waals surface area contributed by atoms with Gasteiger partial charge in [0.2, 0.25) is 0 Å². The van der Waals surface area contributed by atoms with E-state index in [1.807, 2.05) is 12.1 Å². The van der Waals surface area contributed by atoms with Gasteiger partial charge in [0.25, 0.3) is 0 Å². The third kappa shape index (κ3) is 1.97. The number of hydrogen-bond acceptors (Lipinski definition) is 2. The van der Waals surface area contributed by atoms with E-state index in [0.29, 0.717) is 11.1 Å². The van der Waals surface area contributed by atoms with Crippen LogP contribution in [0.5, 0.6) is 0 Å². The third-order valence-electron chi connectivity index (χ3n) is 2.17. The van der Waals surface area contributed by atoms with Gasteiger partial charge in [-0.2, -0.15) is 0 Å². The van der Waals surface area contributed by atoms with Gasteiger partial charge in [-0.15, -0.1) is 0 Å². The molecule has 0 bridgehead atoms. The summed E-state index contributed by atoms with van der Waals surface area (Å²) >= 11 is 11.9. The van der Waals surface area contributed by atoms with E-state index >= 15 is 0 Å². The number of hydrogen-bond donors (Lipinski definition) is 2. The molecule has 1 unspecified atom stereocenters. The average Bonchev–Trinajstić information content (AvgIpc) is 2.56. The smallest absolute Gasteiger partial charge is 0.0489 e. The van der Waals surface area contributed by atoms with Gasteiger partial charge in [0.15, 0.2) is 0 Å². The molecule has 1 aliphatic rings. The van der Waals surface area contributed by atoms with Crippen molar-refractivity contribution < 1.29 is 0 Å². The highest BCUT2D eigenvalue weighted by Crippen LogP contribution is 2.28. The lowest BCUT2D eigenvalue weighted by molar-refractivity contribution is 0.581. The van der Waals surface area contributed by atoms with Crippen molar-refractivity contribution in [3.05, 3.63) is 33.8 Å². The highest BCUT2D eigenvalue weighted by molar-refractivity contribution is 6.35. The molecule has 1 atom stereocenters. The first kappa shape index (κ1) is 9.28. The lowest BCUT2D eigenvalue weighted by Crippen LogP contribution is -2.24. The Hall–Kier alpha value is -0.280. The van der Waals surface area contributed by atoms with Crippen LogP contribution >= 0.6 is 23.2 Å². The molecule has 70 valence electrons. The summed E-state index contributed by atoms with van der Waals surface area (Å²) in [5.74, 6) is 0. The summed E-state index contributed by atoms with van der Waals surface area (Å²) in [5, 5.41) is 1.41. The summed E-state index contributed by atoms with van der Waals surface area (Å²) in [7, 11) is 0. The van der Waals surface area contributed by atoms with Crippen LogP contribution in [0.25, 0.3) is 0 Å². The van der Waals surface area contributed by atoms with Gasteiger partial charge in [0.1, 0.15) is 0 Å².